The Labute approximate surface area is 191 Å². The summed E-state index contributed by atoms with van der Waals surface area (Å²) in [7, 11) is 0. The highest BCUT2D eigenvalue weighted by molar-refractivity contribution is 5.95. The summed E-state index contributed by atoms with van der Waals surface area (Å²) < 4.78 is 5.41. The maximum atomic E-state index is 13.0. The van der Waals surface area contributed by atoms with Gasteiger partial charge in [-0.1, -0.05) is 13.8 Å². The lowest BCUT2D eigenvalue weighted by Gasteiger charge is -2.35. The van der Waals surface area contributed by atoms with E-state index in [4.69, 9.17) is 14.7 Å². The first-order chi connectivity index (χ1) is 15.5. The van der Waals surface area contributed by atoms with Gasteiger partial charge in [-0.2, -0.15) is 0 Å². The van der Waals surface area contributed by atoms with E-state index in [1.807, 2.05) is 23.6 Å². The van der Waals surface area contributed by atoms with Gasteiger partial charge in [-0.05, 0) is 32.6 Å². The van der Waals surface area contributed by atoms with E-state index in [9.17, 15) is 9.59 Å². The van der Waals surface area contributed by atoms with Crippen LogP contribution in [0.3, 0.4) is 0 Å². The Kier molecular flexibility index (Phi) is 7.40. The number of amides is 2. The number of fused-ring (bicyclic) bond motifs is 1. The third-order valence-corrected chi connectivity index (χ3v) is 7.03. The number of likely N-dealkylation sites (tertiary alicyclic amines) is 1. The molecule has 0 radical (unpaired) electrons. The smallest absolute Gasteiger partial charge is 0.228 e. The molecule has 1 atom stereocenters. The van der Waals surface area contributed by atoms with Gasteiger partial charge in [0.25, 0.3) is 0 Å². The van der Waals surface area contributed by atoms with Gasteiger partial charge >= 0.3 is 0 Å². The van der Waals surface area contributed by atoms with Gasteiger partial charge in [-0.25, -0.2) is 9.97 Å². The van der Waals surface area contributed by atoms with E-state index in [-0.39, 0.29) is 23.7 Å². The lowest BCUT2D eigenvalue weighted by molar-refractivity contribution is -0.137. The summed E-state index contributed by atoms with van der Waals surface area (Å²) in [5.41, 5.74) is 2.11. The molecule has 0 aromatic carbocycles. The first kappa shape index (κ1) is 23.1. The summed E-state index contributed by atoms with van der Waals surface area (Å²) >= 11 is 0. The zero-order chi connectivity index (χ0) is 22.7. The van der Waals surface area contributed by atoms with E-state index in [0.717, 1.165) is 94.5 Å². The third kappa shape index (κ3) is 4.96. The molecule has 32 heavy (non-hydrogen) atoms. The molecule has 0 saturated carbocycles. The molecule has 176 valence electrons. The quantitative estimate of drug-likeness (QED) is 0.670. The molecule has 4 rings (SSSR count). The fraction of sp³-hybridized carbons (Fsp3) is 0.750. The van der Waals surface area contributed by atoms with Gasteiger partial charge in [-0.3, -0.25) is 19.4 Å². The number of piperidine rings is 1. The number of ether oxygens (including phenoxy) is 1. The minimum absolute atomic E-state index is 0.000466. The van der Waals surface area contributed by atoms with Crippen molar-refractivity contribution >= 4 is 17.6 Å². The van der Waals surface area contributed by atoms with Crippen molar-refractivity contribution in [3.8, 4) is 0 Å². The summed E-state index contributed by atoms with van der Waals surface area (Å²) in [4.78, 5) is 41.4. The summed E-state index contributed by atoms with van der Waals surface area (Å²) in [5, 5.41) is 0. The number of rotatable bonds is 6. The Hall–Kier alpha value is -2.06. The second kappa shape index (κ2) is 10.3. The van der Waals surface area contributed by atoms with Crippen molar-refractivity contribution in [3.05, 3.63) is 17.1 Å². The number of aryl methyl sites for hydroxylation is 1. The number of nitrogens with zero attached hydrogens (tertiary/aromatic N) is 5. The molecule has 1 aromatic rings. The number of hydrogen-bond acceptors (Lipinski definition) is 6. The second-order valence-corrected chi connectivity index (χ2v) is 9.43. The van der Waals surface area contributed by atoms with Crippen LogP contribution in [0.15, 0.2) is 0 Å². The van der Waals surface area contributed by atoms with Crippen molar-refractivity contribution < 1.29 is 14.3 Å². The van der Waals surface area contributed by atoms with E-state index in [0.29, 0.717) is 13.0 Å². The topological polar surface area (TPSA) is 78.9 Å². The molecule has 0 aliphatic carbocycles. The number of carbonyl (C=O) groups is 2. The van der Waals surface area contributed by atoms with Crippen LogP contribution in [0, 0.1) is 12.8 Å². The Morgan fingerprint density at radius 2 is 1.84 bits per heavy atom. The van der Waals surface area contributed by atoms with Crippen LogP contribution in [0.2, 0.25) is 0 Å². The third-order valence-electron chi connectivity index (χ3n) is 7.03. The molecule has 8 heteroatoms. The first-order valence-electron chi connectivity index (χ1n) is 12.2. The van der Waals surface area contributed by atoms with Gasteiger partial charge in [0.1, 0.15) is 11.6 Å². The molecule has 8 nitrogen and oxygen atoms in total. The summed E-state index contributed by atoms with van der Waals surface area (Å²) in [6.45, 7) is 12.5. The largest absolute Gasteiger partial charge is 0.379 e. The Morgan fingerprint density at radius 3 is 2.53 bits per heavy atom. The molecule has 0 N–H and O–H groups in total. The molecule has 3 aliphatic heterocycles. The van der Waals surface area contributed by atoms with E-state index >= 15 is 0 Å². The van der Waals surface area contributed by atoms with Crippen LogP contribution in [0.25, 0.3) is 0 Å². The molecular weight excluding hydrogens is 406 g/mol. The maximum Gasteiger partial charge on any atom is 0.228 e. The molecule has 2 amide bonds. The summed E-state index contributed by atoms with van der Waals surface area (Å²) in [6.07, 6.45) is 3.92. The minimum Gasteiger partial charge on any atom is -0.379 e. The van der Waals surface area contributed by atoms with Crippen molar-refractivity contribution in [1.29, 1.82) is 0 Å². The fourth-order valence-corrected chi connectivity index (χ4v) is 5.16. The van der Waals surface area contributed by atoms with Crippen LogP contribution in [-0.2, 0) is 20.7 Å². The predicted molar refractivity (Wildman–Crippen MR) is 123 cm³/mol. The molecule has 2 fully saturated rings. The monoisotopic (exact) mass is 443 g/mol. The summed E-state index contributed by atoms with van der Waals surface area (Å²) in [5.74, 6) is 2.31. The standard InChI is InChI=1S/C24H37N5O3/c1-4-9-29-21(30)6-5-20-18(3)25-22(26-23(20)29)19-7-10-28(11-8-19)24(31)17(2)16-27-12-14-32-15-13-27/h17,19H,4-16H2,1-3H3/t17-/m0/s1. The average Bonchev–Trinajstić information content (AvgIpc) is 2.81. The molecule has 0 unspecified atom stereocenters. The first-order valence-corrected chi connectivity index (χ1v) is 12.2. The van der Waals surface area contributed by atoms with Crippen LogP contribution in [-0.4, -0.2) is 84.1 Å². The van der Waals surface area contributed by atoms with Gasteiger partial charge < -0.3 is 9.64 Å². The summed E-state index contributed by atoms with van der Waals surface area (Å²) in [6, 6.07) is 0. The Bertz CT molecular complexity index is 831. The van der Waals surface area contributed by atoms with Gasteiger partial charge in [0.05, 0.1) is 13.2 Å². The van der Waals surface area contributed by atoms with Crippen molar-refractivity contribution in [1.82, 2.24) is 19.8 Å². The maximum absolute atomic E-state index is 13.0. The Morgan fingerprint density at radius 1 is 1.12 bits per heavy atom. The average molecular weight is 444 g/mol. The number of hydrogen-bond donors (Lipinski definition) is 0. The molecule has 2 saturated heterocycles. The van der Waals surface area contributed by atoms with Crippen LogP contribution < -0.4 is 4.90 Å². The van der Waals surface area contributed by atoms with E-state index in [1.54, 1.807) is 0 Å². The minimum atomic E-state index is 0.000466. The molecule has 0 spiro atoms. The molecule has 0 bridgehead atoms. The van der Waals surface area contributed by atoms with Crippen LogP contribution >= 0.6 is 0 Å². The Balaban J connectivity index is 1.39. The fourth-order valence-electron chi connectivity index (χ4n) is 5.16. The highest BCUT2D eigenvalue weighted by Crippen LogP contribution is 2.33. The van der Waals surface area contributed by atoms with Gasteiger partial charge in [-0.15, -0.1) is 0 Å². The highest BCUT2D eigenvalue weighted by atomic mass is 16.5. The molecular formula is C24H37N5O3. The van der Waals surface area contributed by atoms with E-state index < -0.39 is 0 Å². The van der Waals surface area contributed by atoms with E-state index in [2.05, 4.69) is 11.8 Å². The van der Waals surface area contributed by atoms with Crippen molar-refractivity contribution in [2.24, 2.45) is 5.92 Å². The second-order valence-electron chi connectivity index (χ2n) is 9.43. The van der Waals surface area contributed by atoms with Gasteiger partial charge in [0.2, 0.25) is 11.8 Å². The lowest BCUT2D eigenvalue weighted by Crippen LogP contribution is -2.46. The van der Waals surface area contributed by atoms with Crippen molar-refractivity contribution in [2.45, 2.75) is 58.8 Å². The SMILES string of the molecule is CCCN1C(=O)CCc2c(C)nc(C3CCN(C(=O)[C@@H](C)CN4CCOCC4)CC3)nc21. The van der Waals surface area contributed by atoms with Crippen LogP contribution in [0.1, 0.15) is 62.5 Å². The van der Waals surface area contributed by atoms with Gasteiger partial charge in [0.15, 0.2) is 0 Å². The van der Waals surface area contributed by atoms with Crippen LogP contribution in [0.4, 0.5) is 5.82 Å². The number of morpholine rings is 1. The molecule has 1 aromatic heterocycles. The lowest BCUT2D eigenvalue weighted by atomic mass is 9.94. The van der Waals surface area contributed by atoms with Crippen molar-refractivity contribution in [3.63, 3.8) is 0 Å². The zero-order valence-corrected chi connectivity index (χ0v) is 19.8. The van der Waals surface area contributed by atoms with Crippen molar-refractivity contribution in [2.75, 3.05) is 57.4 Å². The van der Waals surface area contributed by atoms with E-state index in [1.165, 1.54) is 0 Å². The number of aromatic nitrogens is 2. The molecule has 4 heterocycles. The molecule has 3 aliphatic rings. The van der Waals surface area contributed by atoms with Crippen LogP contribution in [0.5, 0.6) is 0 Å². The predicted octanol–water partition coefficient (Wildman–Crippen LogP) is 2.15. The van der Waals surface area contributed by atoms with Gasteiger partial charge in [0, 0.05) is 68.8 Å². The normalized spacial score (nSPS) is 21.5. The zero-order valence-electron chi connectivity index (χ0n) is 19.8. The number of anilines is 1. The highest BCUT2D eigenvalue weighted by Gasteiger charge is 2.32. The number of carbonyl (C=O) groups excluding carboxylic acids is 2.